The first-order chi connectivity index (χ1) is 9.97. The molecule has 1 amide bonds. The highest BCUT2D eigenvalue weighted by Crippen LogP contribution is 2.16. The molecule has 1 atom stereocenters. The molecule has 0 radical (unpaired) electrons. The second kappa shape index (κ2) is 6.83. The molecule has 0 aliphatic carbocycles. The van der Waals surface area contributed by atoms with Gasteiger partial charge in [0.15, 0.2) is 10.8 Å². The Labute approximate surface area is 131 Å². The lowest BCUT2D eigenvalue weighted by molar-refractivity contribution is 0.0934. The first kappa shape index (κ1) is 15.7. The van der Waals surface area contributed by atoms with Crippen LogP contribution in [0, 0.1) is 5.82 Å². The van der Waals surface area contributed by atoms with Crippen molar-refractivity contribution in [3.63, 3.8) is 0 Å². The molecular formula is C14H12Cl2FN3O. The summed E-state index contributed by atoms with van der Waals surface area (Å²) in [6.07, 6.45) is 3.10. The van der Waals surface area contributed by atoms with Crippen LogP contribution < -0.4 is 5.32 Å². The Hall–Kier alpha value is -1.72. The third-order valence-electron chi connectivity index (χ3n) is 2.79. The van der Waals surface area contributed by atoms with Crippen molar-refractivity contribution in [2.75, 3.05) is 0 Å². The van der Waals surface area contributed by atoms with Crippen molar-refractivity contribution < 1.29 is 9.18 Å². The summed E-state index contributed by atoms with van der Waals surface area (Å²) in [4.78, 5) is 19.6. The molecule has 1 unspecified atom stereocenters. The maximum Gasteiger partial charge on any atom is 0.273 e. The monoisotopic (exact) mass is 327 g/mol. The Bertz CT molecular complexity index is 666. The largest absolute Gasteiger partial charge is 0.348 e. The molecule has 0 spiro atoms. The molecule has 21 heavy (non-hydrogen) atoms. The van der Waals surface area contributed by atoms with Crippen LogP contribution in [0.4, 0.5) is 4.39 Å². The molecule has 4 nitrogen and oxygen atoms in total. The van der Waals surface area contributed by atoms with Gasteiger partial charge in [0, 0.05) is 23.5 Å². The van der Waals surface area contributed by atoms with Gasteiger partial charge < -0.3 is 5.32 Å². The fourth-order valence-electron chi connectivity index (χ4n) is 1.83. The molecule has 1 heterocycles. The summed E-state index contributed by atoms with van der Waals surface area (Å²) in [6, 6.07) is 4.14. The zero-order valence-corrected chi connectivity index (χ0v) is 12.6. The summed E-state index contributed by atoms with van der Waals surface area (Å²) in [6.45, 7) is 1.76. The van der Waals surface area contributed by atoms with Gasteiger partial charge in [-0.05, 0) is 31.0 Å². The van der Waals surface area contributed by atoms with Gasteiger partial charge in [-0.2, -0.15) is 0 Å². The standard InChI is InChI=1S/C14H12Cl2FN3O/c1-8(6-9-2-3-10(15)7-11(9)17)20-14(21)12-13(16)19-5-4-18-12/h2-5,7-8H,6H2,1H3,(H,20,21). The van der Waals surface area contributed by atoms with E-state index in [1.54, 1.807) is 19.1 Å². The van der Waals surface area contributed by atoms with Crippen molar-refractivity contribution in [1.29, 1.82) is 0 Å². The number of rotatable bonds is 4. The number of amides is 1. The molecule has 0 saturated carbocycles. The number of halogens is 3. The zero-order valence-electron chi connectivity index (χ0n) is 11.1. The van der Waals surface area contributed by atoms with Gasteiger partial charge in [-0.1, -0.05) is 29.3 Å². The highest BCUT2D eigenvalue weighted by Gasteiger charge is 2.16. The summed E-state index contributed by atoms with van der Waals surface area (Å²) in [5.41, 5.74) is 0.514. The van der Waals surface area contributed by atoms with E-state index >= 15 is 0 Å². The predicted molar refractivity (Wildman–Crippen MR) is 79.1 cm³/mol. The third-order valence-corrected chi connectivity index (χ3v) is 3.30. The van der Waals surface area contributed by atoms with Crippen LogP contribution in [0.1, 0.15) is 23.0 Å². The lowest BCUT2D eigenvalue weighted by Crippen LogP contribution is -2.35. The van der Waals surface area contributed by atoms with Gasteiger partial charge >= 0.3 is 0 Å². The number of nitrogens with one attached hydrogen (secondary N) is 1. The second-order valence-corrected chi connectivity index (χ2v) is 5.30. The van der Waals surface area contributed by atoms with Gasteiger partial charge in [0.1, 0.15) is 5.82 Å². The Balaban J connectivity index is 2.03. The summed E-state index contributed by atoms with van der Waals surface area (Å²) in [5.74, 6) is -0.851. The smallest absolute Gasteiger partial charge is 0.273 e. The Morgan fingerprint density at radius 3 is 2.71 bits per heavy atom. The fourth-order valence-corrected chi connectivity index (χ4v) is 2.18. The molecule has 1 N–H and O–H groups in total. The third kappa shape index (κ3) is 4.12. The lowest BCUT2D eigenvalue weighted by atomic mass is 10.1. The average Bonchev–Trinajstić information content (AvgIpc) is 2.42. The quantitative estimate of drug-likeness (QED) is 0.937. The number of carbonyl (C=O) groups is 1. The van der Waals surface area contributed by atoms with Crippen LogP contribution in [-0.4, -0.2) is 21.9 Å². The van der Waals surface area contributed by atoms with Gasteiger partial charge in [-0.15, -0.1) is 0 Å². The Kier molecular flexibility index (Phi) is 5.09. The molecule has 0 aliphatic rings. The number of hydrogen-bond donors (Lipinski definition) is 1. The van der Waals surface area contributed by atoms with Gasteiger partial charge in [0.2, 0.25) is 0 Å². The van der Waals surface area contributed by atoms with E-state index in [9.17, 15) is 9.18 Å². The molecule has 1 aromatic heterocycles. The first-order valence-electron chi connectivity index (χ1n) is 6.18. The van der Waals surface area contributed by atoms with Crippen molar-refractivity contribution in [1.82, 2.24) is 15.3 Å². The second-order valence-electron chi connectivity index (χ2n) is 4.51. The minimum Gasteiger partial charge on any atom is -0.348 e. The normalized spacial score (nSPS) is 12.0. The van der Waals surface area contributed by atoms with Gasteiger partial charge in [0.25, 0.3) is 5.91 Å². The molecule has 110 valence electrons. The SMILES string of the molecule is CC(Cc1ccc(Cl)cc1F)NC(=O)c1nccnc1Cl. The molecule has 1 aromatic carbocycles. The maximum absolute atomic E-state index is 13.7. The van der Waals surface area contributed by atoms with Crippen LogP contribution in [0.2, 0.25) is 10.2 Å². The number of hydrogen-bond acceptors (Lipinski definition) is 3. The van der Waals surface area contributed by atoms with Crippen LogP contribution in [0.3, 0.4) is 0 Å². The number of nitrogens with zero attached hydrogens (tertiary/aromatic N) is 2. The fraction of sp³-hybridized carbons (Fsp3) is 0.214. The molecule has 2 rings (SSSR count). The van der Waals surface area contributed by atoms with Crippen molar-refractivity contribution in [2.45, 2.75) is 19.4 Å². The van der Waals surface area contributed by atoms with E-state index in [2.05, 4.69) is 15.3 Å². The molecule has 0 aliphatic heterocycles. The predicted octanol–water partition coefficient (Wildman–Crippen LogP) is 3.28. The number of carbonyl (C=O) groups excluding carboxylic acids is 1. The van der Waals surface area contributed by atoms with Gasteiger partial charge in [0.05, 0.1) is 0 Å². The summed E-state index contributed by atoms with van der Waals surface area (Å²) >= 11 is 11.5. The Morgan fingerprint density at radius 1 is 1.33 bits per heavy atom. The van der Waals surface area contributed by atoms with Crippen molar-refractivity contribution in [2.24, 2.45) is 0 Å². The first-order valence-corrected chi connectivity index (χ1v) is 6.94. The lowest BCUT2D eigenvalue weighted by Gasteiger charge is -2.14. The summed E-state index contributed by atoms with van der Waals surface area (Å²) in [7, 11) is 0. The topological polar surface area (TPSA) is 54.9 Å². The highest BCUT2D eigenvalue weighted by molar-refractivity contribution is 6.32. The molecule has 2 aromatic rings. The number of aromatic nitrogens is 2. The highest BCUT2D eigenvalue weighted by atomic mass is 35.5. The molecule has 7 heteroatoms. The summed E-state index contributed by atoms with van der Waals surface area (Å²) in [5, 5.41) is 3.06. The van der Waals surface area contributed by atoms with E-state index in [1.807, 2.05) is 0 Å². The van der Waals surface area contributed by atoms with E-state index in [4.69, 9.17) is 23.2 Å². The molecule has 0 fully saturated rings. The van der Waals surface area contributed by atoms with Crippen LogP contribution in [-0.2, 0) is 6.42 Å². The van der Waals surface area contributed by atoms with Crippen molar-refractivity contribution >= 4 is 29.1 Å². The van der Waals surface area contributed by atoms with Gasteiger partial charge in [-0.3, -0.25) is 4.79 Å². The molecule has 0 bridgehead atoms. The molecular weight excluding hydrogens is 316 g/mol. The van der Waals surface area contributed by atoms with Crippen LogP contribution in [0.15, 0.2) is 30.6 Å². The van der Waals surface area contributed by atoms with Crippen LogP contribution >= 0.6 is 23.2 Å². The van der Waals surface area contributed by atoms with E-state index < -0.39 is 11.7 Å². The zero-order chi connectivity index (χ0) is 15.4. The van der Waals surface area contributed by atoms with E-state index in [0.29, 0.717) is 17.0 Å². The van der Waals surface area contributed by atoms with Crippen LogP contribution in [0.5, 0.6) is 0 Å². The minimum absolute atomic E-state index is 0.0277. The van der Waals surface area contributed by atoms with Crippen LogP contribution in [0.25, 0.3) is 0 Å². The van der Waals surface area contributed by atoms with Crippen molar-refractivity contribution in [3.05, 3.63) is 57.8 Å². The molecule has 0 saturated heterocycles. The Morgan fingerprint density at radius 2 is 2.05 bits per heavy atom. The van der Waals surface area contributed by atoms with E-state index in [0.717, 1.165) is 0 Å². The van der Waals surface area contributed by atoms with E-state index in [1.165, 1.54) is 18.5 Å². The summed E-state index contributed by atoms with van der Waals surface area (Å²) < 4.78 is 13.7. The minimum atomic E-state index is -0.449. The maximum atomic E-state index is 13.7. The van der Waals surface area contributed by atoms with Crippen molar-refractivity contribution in [3.8, 4) is 0 Å². The van der Waals surface area contributed by atoms with E-state index in [-0.39, 0.29) is 16.9 Å². The average molecular weight is 328 g/mol. The van der Waals surface area contributed by atoms with Gasteiger partial charge in [-0.25, -0.2) is 14.4 Å². The number of benzene rings is 1.